The van der Waals surface area contributed by atoms with Crippen LogP contribution in [0.1, 0.15) is 12.0 Å². The van der Waals surface area contributed by atoms with Crippen molar-refractivity contribution in [3.63, 3.8) is 0 Å². The van der Waals surface area contributed by atoms with E-state index in [9.17, 15) is 14.0 Å². The second-order valence-corrected chi connectivity index (χ2v) is 4.04. The minimum absolute atomic E-state index is 0.0110. The van der Waals surface area contributed by atoms with Crippen LogP contribution >= 0.6 is 0 Å². The van der Waals surface area contributed by atoms with Crippen LogP contribution in [0.25, 0.3) is 0 Å². The van der Waals surface area contributed by atoms with Gasteiger partial charge in [0.25, 0.3) is 0 Å². The number of ether oxygens (including phenoxy) is 1. The summed E-state index contributed by atoms with van der Waals surface area (Å²) < 4.78 is 17.5. The highest BCUT2D eigenvalue weighted by Gasteiger charge is 2.19. The largest absolute Gasteiger partial charge is 0.480 e. The third-order valence-electron chi connectivity index (χ3n) is 2.52. The average Bonchev–Trinajstić information content (AvgIpc) is 2.37. The van der Waals surface area contributed by atoms with E-state index in [1.165, 1.54) is 31.4 Å². The Bertz CT molecular complexity index is 433. The Morgan fingerprint density at radius 1 is 1.37 bits per heavy atom. The van der Waals surface area contributed by atoms with E-state index in [1.54, 1.807) is 0 Å². The first-order valence-corrected chi connectivity index (χ1v) is 5.78. The van der Waals surface area contributed by atoms with Crippen molar-refractivity contribution in [3.8, 4) is 0 Å². The molecule has 1 atom stereocenters. The fraction of sp³-hybridized carbons (Fsp3) is 0.385. The molecule has 0 aliphatic rings. The van der Waals surface area contributed by atoms with Crippen molar-refractivity contribution in [2.75, 3.05) is 13.7 Å². The minimum Gasteiger partial charge on any atom is -0.480 e. The highest BCUT2D eigenvalue weighted by molar-refractivity contribution is 5.84. The number of halogens is 1. The smallest absolute Gasteiger partial charge is 0.326 e. The molecule has 0 saturated carbocycles. The van der Waals surface area contributed by atoms with Gasteiger partial charge in [0.05, 0.1) is 6.42 Å². The minimum atomic E-state index is -1.11. The third kappa shape index (κ3) is 5.48. The van der Waals surface area contributed by atoms with Gasteiger partial charge >= 0.3 is 5.97 Å². The summed E-state index contributed by atoms with van der Waals surface area (Å²) in [6, 6.07) is 4.50. The number of hydrogen-bond acceptors (Lipinski definition) is 3. The average molecular weight is 269 g/mol. The van der Waals surface area contributed by atoms with Crippen LogP contribution in [0.5, 0.6) is 0 Å². The summed E-state index contributed by atoms with van der Waals surface area (Å²) in [7, 11) is 1.46. The molecule has 1 unspecified atom stereocenters. The SMILES string of the molecule is COCCC(NC(=O)Cc1ccc(F)cc1)C(=O)O. The second-order valence-electron chi connectivity index (χ2n) is 4.04. The van der Waals surface area contributed by atoms with Gasteiger partial charge in [0.1, 0.15) is 11.9 Å². The zero-order chi connectivity index (χ0) is 14.3. The summed E-state index contributed by atoms with van der Waals surface area (Å²) in [6.07, 6.45) is 0.206. The standard InChI is InChI=1S/C13H16FNO4/c1-19-7-6-11(13(17)18)15-12(16)8-9-2-4-10(14)5-3-9/h2-5,11H,6-8H2,1H3,(H,15,16)(H,17,18). The Morgan fingerprint density at radius 3 is 2.53 bits per heavy atom. The van der Waals surface area contributed by atoms with Crippen LogP contribution in [-0.4, -0.2) is 36.7 Å². The van der Waals surface area contributed by atoms with E-state index in [2.05, 4.69) is 5.32 Å². The number of carboxylic acid groups (broad SMARTS) is 1. The molecule has 1 amide bonds. The van der Waals surface area contributed by atoms with Gasteiger partial charge in [0.2, 0.25) is 5.91 Å². The van der Waals surface area contributed by atoms with Crippen LogP contribution in [0.2, 0.25) is 0 Å². The summed E-state index contributed by atoms with van der Waals surface area (Å²) in [6.45, 7) is 0.244. The maximum Gasteiger partial charge on any atom is 0.326 e. The van der Waals surface area contributed by atoms with E-state index in [4.69, 9.17) is 9.84 Å². The Hall–Kier alpha value is -1.95. The highest BCUT2D eigenvalue weighted by Crippen LogP contribution is 2.04. The van der Waals surface area contributed by atoms with Gasteiger partial charge < -0.3 is 15.2 Å². The molecule has 1 aromatic rings. The lowest BCUT2D eigenvalue weighted by molar-refractivity contribution is -0.142. The Kier molecular flexibility index (Phi) is 5.95. The summed E-state index contributed by atoms with van der Waals surface area (Å²) in [5.74, 6) is -1.91. The van der Waals surface area contributed by atoms with E-state index >= 15 is 0 Å². The summed E-state index contributed by atoms with van der Waals surface area (Å²) >= 11 is 0. The van der Waals surface area contributed by atoms with E-state index in [0.717, 1.165) is 0 Å². The van der Waals surface area contributed by atoms with Crippen molar-refractivity contribution in [1.29, 1.82) is 0 Å². The highest BCUT2D eigenvalue weighted by atomic mass is 19.1. The molecule has 6 heteroatoms. The summed E-state index contributed by atoms with van der Waals surface area (Å²) in [5, 5.41) is 11.3. The molecule has 1 aromatic carbocycles. The number of hydrogen-bond donors (Lipinski definition) is 2. The van der Waals surface area contributed by atoms with Crippen LogP contribution in [0.4, 0.5) is 4.39 Å². The quantitative estimate of drug-likeness (QED) is 0.773. The zero-order valence-corrected chi connectivity index (χ0v) is 10.6. The lowest BCUT2D eigenvalue weighted by Crippen LogP contribution is -2.42. The number of carbonyl (C=O) groups excluding carboxylic acids is 1. The Morgan fingerprint density at radius 2 is 2.00 bits per heavy atom. The molecule has 2 N–H and O–H groups in total. The van der Waals surface area contributed by atoms with Gasteiger partial charge in [-0.15, -0.1) is 0 Å². The fourth-order valence-corrected chi connectivity index (χ4v) is 1.53. The fourth-order valence-electron chi connectivity index (χ4n) is 1.53. The molecule has 1 rings (SSSR count). The van der Waals surface area contributed by atoms with E-state index < -0.39 is 17.9 Å². The van der Waals surface area contributed by atoms with Gasteiger partial charge in [-0.25, -0.2) is 9.18 Å². The van der Waals surface area contributed by atoms with E-state index in [-0.39, 0.29) is 25.3 Å². The first-order valence-electron chi connectivity index (χ1n) is 5.78. The van der Waals surface area contributed by atoms with Crippen LogP contribution in [0.3, 0.4) is 0 Å². The number of rotatable bonds is 7. The van der Waals surface area contributed by atoms with Crippen molar-refractivity contribution in [2.24, 2.45) is 0 Å². The van der Waals surface area contributed by atoms with Gasteiger partial charge in [-0.1, -0.05) is 12.1 Å². The van der Waals surface area contributed by atoms with Gasteiger partial charge in [-0.05, 0) is 17.7 Å². The summed E-state index contributed by atoms with van der Waals surface area (Å²) in [4.78, 5) is 22.6. The molecular formula is C13H16FNO4. The topological polar surface area (TPSA) is 75.6 Å². The molecule has 104 valence electrons. The van der Waals surface area contributed by atoms with Crippen molar-refractivity contribution in [1.82, 2.24) is 5.32 Å². The lowest BCUT2D eigenvalue weighted by atomic mass is 10.1. The third-order valence-corrected chi connectivity index (χ3v) is 2.52. The normalized spacial score (nSPS) is 11.9. The van der Waals surface area contributed by atoms with Crippen LogP contribution in [0.15, 0.2) is 24.3 Å². The zero-order valence-electron chi connectivity index (χ0n) is 10.6. The van der Waals surface area contributed by atoms with Gasteiger partial charge in [0, 0.05) is 20.1 Å². The number of methoxy groups -OCH3 is 1. The molecule has 0 aliphatic heterocycles. The van der Waals surface area contributed by atoms with Crippen molar-refractivity contribution in [3.05, 3.63) is 35.6 Å². The first-order chi connectivity index (χ1) is 9.02. The molecule has 0 aromatic heterocycles. The van der Waals surface area contributed by atoms with Gasteiger partial charge in [-0.3, -0.25) is 4.79 Å². The predicted molar refractivity (Wildman–Crippen MR) is 66.2 cm³/mol. The maximum absolute atomic E-state index is 12.7. The molecule has 0 heterocycles. The van der Waals surface area contributed by atoms with Gasteiger partial charge in [0.15, 0.2) is 0 Å². The molecule has 19 heavy (non-hydrogen) atoms. The predicted octanol–water partition coefficient (Wildman–Crippen LogP) is 0.974. The maximum atomic E-state index is 12.7. The number of benzene rings is 1. The molecular weight excluding hydrogens is 253 g/mol. The molecule has 0 saturated heterocycles. The lowest BCUT2D eigenvalue weighted by Gasteiger charge is -2.14. The van der Waals surface area contributed by atoms with Gasteiger partial charge in [-0.2, -0.15) is 0 Å². The van der Waals surface area contributed by atoms with E-state index in [1.807, 2.05) is 0 Å². The van der Waals surface area contributed by atoms with Crippen LogP contribution < -0.4 is 5.32 Å². The number of carbonyl (C=O) groups is 2. The molecule has 0 aliphatic carbocycles. The molecule has 0 fully saturated rings. The van der Waals surface area contributed by atoms with Crippen LogP contribution in [-0.2, 0) is 20.7 Å². The molecule has 0 bridgehead atoms. The second kappa shape index (κ2) is 7.48. The number of nitrogens with one attached hydrogen (secondary N) is 1. The monoisotopic (exact) mass is 269 g/mol. The van der Waals surface area contributed by atoms with Crippen molar-refractivity contribution in [2.45, 2.75) is 18.9 Å². The number of amides is 1. The number of carboxylic acids is 1. The number of aliphatic carboxylic acids is 1. The van der Waals surface area contributed by atoms with Crippen molar-refractivity contribution < 1.29 is 23.8 Å². The molecule has 0 radical (unpaired) electrons. The molecule has 5 nitrogen and oxygen atoms in total. The van der Waals surface area contributed by atoms with E-state index in [0.29, 0.717) is 5.56 Å². The van der Waals surface area contributed by atoms with Crippen LogP contribution in [0, 0.1) is 5.82 Å². The Labute approximate surface area is 110 Å². The summed E-state index contributed by atoms with van der Waals surface area (Å²) in [5.41, 5.74) is 0.620. The molecule has 0 spiro atoms. The van der Waals surface area contributed by atoms with Crippen molar-refractivity contribution >= 4 is 11.9 Å². The Balaban J connectivity index is 2.52. The first kappa shape index (κ1) is 15.1.